The van der Waals surface area contributed by atoms with Crippen molar-refractivity contribution in [2.24, 2.45) is 5.73 Å². The molecule has 6 heteroatoms. The number of nitrogens with two attached hydrogens (primary N) is 1. The second kappa shape index (κ2) is 5.22. The molecule has 1 heterocycles. The fourth-order valence-corrected chi connectivity index (χ4v) is 3.75. The maximum absolute atomic E-state index is 11.7. The monoisotopic (exact) mass is 261 g/mol. The molecule has 1 aliphatic carbocycles. The Kier molecular flexibility index (Phi) is 4.07. The lowest BCUT2D eigenvalue weighted by atomic mass is 9.86. The summed E-state index contributed by atoms with van der Waals surface area (Å²) >= 11 is 0. The molecule has 0 aromatic rings. The zero-order chi connectivity index (χ0) is 12.5. The van der Waals surface area contributed by atoms with E-state index in [4.69, 9.17) is 5.73 Å². The predicted octanol–water partition coefficient (Wildman–Crippen LogP) is -0.120. The first kappa shape index (κ1) is 13.3. The normalized spacial score (nSPS) is 32.4. The number of piperidine rings is 1. The van der Waals surface area contributed by atoms with Gasteiger partial charge in [0.1, 0.15) is 0 Å². The maximum atomic E-state index is 11.7. The molecule has 0 aromatic heterocycles. The van der Waals surface area contributed by atoms with Crippen LogP contribution in [0.4, 0.5) is 0 Å². The molecule has 2 fully saturated rings. The van der Waals surface area contributed by atoms with Crippen molar-refractivity contribution < 1.29 is 8.42 Å². The summed E-state index contributed by atoms with van der Waals surface area (Å²) < 4.78 is 25.0. The molecule has 0 aromatic carbocycles. The van der Waals surface area contributed by atoms with Crippen molar-refractivity contribution in [1.29, 1.82) is 0 Å². The predicted molar refractivity (Wildman–Crippen MR) is 68.2 cm³/mol. The topological polar surface area (TPSA) is 75.4 Å². The summed E-state index contributed by atoms with van der Waals surface area (Å²) in [4.78, 5) is 0. The van der Waals surface area contributed by atoms with Crippen LogP contribution >= 0.6 is 0 Å². The number of sulfonamides is 1. The second-order valence-electron chi connectivity index (χ2n) is 5.17. The zero-order valence-electron chi connectivity index (χ0n) is 10.4. The van der Waals surface area contributed by atoms with Gasteiger partial charge < -0.3 is 11.1 Å². The van der Waals surface area contributed by atoms with Crippen LogP contribution in [0.25, 0.3) is 0 Å². The number of nitrogens with one attached hydrogen (secondary N) is 1. The molecule has 0 bridgehead atoms. The molecule has 2 rings (SSSR count). The van der Waals surface area contributed by atoms with Crippen molar-refractivity contribution in [3.63, 3.8) is 0 Å². The Morgan fingerprint density at radius 2 is 1.82 bits per heavy atom. The number of rotatable bonds is 4. The van der Waals surface area contributed by atoms with Crippen LogP contribution in [0.3, 0.4) is 0 Å². The summed E-state index contributed by atoms with van der Waals surface area (Å²) in [6.45, 7) is 3.02. The minimum atomic E-state index is -2.99. The summed E-state index contributed by atoms with van der Waals surface area (Å²) in [5.74, 6) is 0.211. The SMILES string of the molecule is CCS(=O)(=O)N1CCC(NC2CC(N)C2)CC1. The van der Waals surface area contributed by atoms with Crippen molar-refractivity contribution in [3.05, 3.63) is 0 Å². The maximum Gasteiger partial charge on any atom is 0.213 e. The molecule has 0 atom stereocenters. The van der Waals surface area contributed by atoms with E-state index < -0.39 is 10.0 Å². The van der Waals surface area contributed by atoms with E-state index in [0.29, 0.717) is 31.2 Å². The molecule has 1 saturated heterocycles. The van der Waals surface area contributed by atoms with Crippen molar-refractivity contribution in [2.75, 3.05) is 18.8 Å². The van der Waals surface area contributed by atoms with Crippen molar-refractivity contribution in [1.82, 2.24) is 9.62 Å². The Hall–Kier alpha value is -0.170. The minimum absolute atomic E-state index is 0.211. The summed E-state index contributed by atoms with van der Waals surface area (Å²) in [6, 6.07) is 1.40. The lowest BCUT2D eigenvalue weighted by Gasteiger charge is -2.39. The highest BCUT2D eigenvalue weighted by molar-refractivity contribution is 7.89. The van der Waals surface area contributed by atoms with Crippen molar-refractivity contribution >= 4 is 10.0 Å². The van der Waals surface area contributed by atoms with E-state index in [-0.39, 0.29) is 5.75 Å². The molecule has 1 aliphatic heterocycles. The number of hydrogen-bond donors (Lipinski definition) is 2. The fourth-order valence-electron chi connectivity index (χ4n) is 2.61. The zero-order valence-corrected chi connectivity index (χ0v) is 11.2. The quantitative estimate of drug-likeness (QED) is 0.740. The number of hydrogen-bond acceptors (Lipinski definition) is 4. The third-order valence-corrected chi connectivity index (χ3v) is 5.74. The van der Waals surface area contributed by atoms with Gasteiger partial charge in [-0.05, 0) is 32.6 Å². The Balaban J connectivity index is 1.74. The first-order chi connectivity index (χ1) is 8.01. The van der Waals surface area contributed by atoms with Gasteiger partial charge in [-0.2, -0.15) is 0 Å². The summed E-state index contributed by atoms with van der Waals surface area (Å²) in [5.41, 5.74) is 5.74. The molecule has 2 aliphatic rings. The van der Waals surface area contributed by atoms with Gasteiger partial charge >= 0.3 is 0 Å². The highest BCUT2D eigenvalue weighted by atomic mass is 32.2. The Bertz CT molecular complexity index is 344. The Morgan fingerprint density at radius 1 is 1.24 bits per heavy atom. The summed E-state index contributed by atoms with van der Waals surface area (Å²) in [5, 5.41) is 3.57. The van der Waals surface area contributed by atoms with Crippen molar-refractivity contribution in [2.45, 2.75) is 50.7 Å². The highest BCUT2D eigenvalue weighted by Gasteiger charge is 2.31. The van der Waals surface area contributed by atoms with Crippen LogP contribution in [0.5, 0.6) is 0 Å². The summed E-state index contributed by atoms with van der Waals surface area (Å²) in [6.07, 6.45) is 3.97. The van der Waals surface area contributed by atoms with Crippen LogP contribution < -0.4 is 11.1 Å². The van der Waals surface area contributed by atoms with Gasteiger partial charge in [-0.1, -0.05) is 0 Å². The van der Waals surface area contributed by atoms with Gasteiger partial charge in [-0.3, -0.25) is 0 Å². The third-order valence-electron chi connectivity index (χ3n) is 3.86. The number of nitrogens with zero attached hydrogens (tertiary/aromatic N) is 1. The van der Waals surface area contributed by atoms with Gasteiger partial charge in [0.2, 0.25) is 10.0 Å². The molecule has 0 amide bonds. The molecule has 100 valence electrons. The van der Waals surface area contributed by atoms with Crippen molar-refractivity contribution in [3.8, 4) is 0 Å². The van der Waals surface area contributed by atoms with Crippen LogP contribution in [-0.2, 0) is 10.0 Å². The first-order valence-corrected chi connectivity index (χ1v) is 8.11. The molecule has 0 unspecified atom stereocenters. The molecule has 17 heavy (non-hydrogen) atoms. The van der Waals surface area contributed by atoms with Gasteiger partial charge in [0, 0.05) is 31.2 Å². The van der Waals surface area contributed by atoms with Crippen LogP contribution in [0, 0.1) is 0 Å². The van der Waals surface area contributed by atoms with Crippen LogP contribution in [0.2, 0.25) is 0 Å². The third kappa shape index (κ3) is 3.19. The average molecular weight is 261 g/mol. The summed E-state index contributed by atoms with van der Waals surface area (Å²) in [7, 11) is -2.99. The van der Waals surface area contributed by atoms with Crippen LogP contribution in [0.1, 0.15) is 32.6 Å². The lowest BCUT2D eigenvalue weighted by molar-refractivity contribution is 0.219. The molecular weight excluding hydrogens is 238 g/mol. The smallest absolute Gasteiger partial charge is 0.213 e. The lowest BCUT2D eigenvalue weighted by Crippen LogP contribution is -2.54. The van der Waals surface area contributed by atoms with Gasteiger partial charge in [-0.25, -0.2) is 12.7 Å². The van der Waals surface area contributed by atoms with Gasteiger partial charge in [0.05, 0.1) is 5.75 Å². The van der Waals surface area contributed by atoms with E-state index in [1.165, 1.54) is 0 Å². The molecule has 1 saturated carbocycles. The Morgan fingerprint density at radius 3 is 2.29 bits per heavy atom. The van der Waals surface area contributed by atoms with E-state index in [9.17, 15) is 8.42 Å². The largest absolute Gasteiger partial charge is 0.328 e. The fraction of sp³-hybridized carbons (Fsp3) is 1.00. The van der Waals surface area contributed by atoms with E-state index in [2.05, 4.69) is 5.32 Å². The second-order valence-corrected chi connectivity index (χ2v) is 7.43. The highest BCUT2D eigenvalue weighted by Crippen LogP contribution is 2.21. The van der Waals surface area contributed by atoms with Crippen LogP contribution in [-0.4, -0.2) is 49.7 Å². The van der Waals surface area contributed by atoms with Crippen LogP contribution in [0.15, 0.2) is 0 Å². The van der Waals surface area contributed by atoms with E-state index in [1.807, 2.05) is 0 Å². The molecule has 0 spiro atoms. The van der Waals surface area contributed by atoms with E-state index in [1.54, 1.807) is 11.2 Å². The molecule has 3 N–H and O–H groups in total. The van der Waals surface area contributed by atoms with Gasteiger partial charge in [0.15, 0.2) is 0 Å². The Labute approximate surface area is 104 Å². The standard InChI is InChI=1S/C11H23N3O2S/c1-2-17(15,16)14-5-3-10(4-6-14)13-11-7-9(12)8-11/h9-11,13H,2-8,12H2,1H3. The van der Waals surface area contributed by atoms with Gasteiger partial charge in [-0.15, -0.1) is 0 Å². The molecular formula is C11H23N3O2S. The van der Waals surface area contributed by atoms with E-state index >= 15 is 0 Å². The first-order valence-electron chi connectivity index (χ1n) is 6.50. The minimum Gasteiger partial charge on any atom is -0.328 e. The molecule has 0 radical (unpaired) electrons. The average Bonchev–Trinajstić information content (AvgIpc) is 2.28. The van der Waals surface area contributed by atoms with E-state index in [0.717, 1.165) is 25.7 Å². The van der Waals surface area contributed by atoms with Gasteiger partial charge in [0.25, 0.3) is 0 Å². The molecule has 5 nitrogen and oxygen atoms in total.